The average Bonchev–Trinajstić information content (AvgIpc) is 2.78. The highest BCUT2D eigenvalue weighted by atomic mass is 35.5. The number of piperidine rings is 1. The maximum atomic E-state index is 4.40. The van der Waals surface area contributed by atoms with E-state index in [1.807, 2.05) is 13.2 Å². The molecule has 0 aromatic carbocycles. The number of nitrogens with one attached hydrogen (secondary N) is 1. The zero-order valence-electron chi connectivity index (χ0n) is 12.1. The molecule has 1 aromatic rings. The van der Waals surface area contributed by atoms with Crippen molar-refractivity contribution < 1.29 is 0 Å². The highest BCUT2D eigenvalue weighted by Gasteiger charge is 2.19. The van der Waals surface area contributed by atoms with E-state index in [0.717, 1.165) is 32.0 Å². The van der Waals surface area contributed by atoms with Crippen molar-refractivity contribution in [2.45, 2.75) is 39.3 Å². The molecule has 0 radical (unpaired) electrons. The lowest BCUT2D eigenvalue weighted by Gasteiger charge is -2.32. The van der Waals surface area contributed by atoms with Crippen LogP contribution in [0.5, 0.6) is 0 Å². The van der Waals surface area contributed by atoms with Crippen LogP contribution >= 0.6 is 12.4 Å². The van der Waals surface area contributed by atoms with Gasteiger partial charge in [0.1, 0.15) is 0 Å². The van der Waals surface area contributed by atoms with E-state index in [2.05, 4.69) is 33.1 Å². The van der Waals surface area contributed by atoms with Gasteiger partial charge < -0.3 is 5.32 Å². The van der Waals surface area contributed by atoms with Gasteiger partial charge in [-0.3, -0.25) is 9.58 Å². The molecule has 4 nitrogen and oxygen atoms in total. The van der Waals surface area contributed by atoms with Crippen LogP contribution in [-0.4, -0.2) is 41.4 Å². The van der Waals surface area contributed by atoms with Crippen molar-refractivity contribution in [1.29, 1.82) is 0 Å². The topological polar surface area (TPSA) is 33.1 Å². The van der Waals surface area contributed by atoms with E-state index in [9.17, 15) is 0 Å². The molecule has 1 aliphatic rings. The van der Waals surface area contributed by atoms with Gasteiger partial charge in [0.15, 0.2) is 0 Å². The molecule has 0 aliphatic carbocycles. The summed E-state index contributed by atoms with van der Waals surface area (Å²) in [5.74, 6) is 0.814. The fourth-order valence-corrected chi connectivity index (χ4v) is 2.85. The Hall–Kier alpha value is -0.580. The molecule has 2 heterocycles. The van der Waals surface area contributed by atoms with Crippen molar-refractivity contribution in [3.63, 3.8) is 0 Å². The van der Waals surface area contributed by atoms with Crippen molar-refractivity contribution >= 4 is 12.4 Å². The van der Waals surface area contributed by atoms with Crippen LogP contribution < -0.4 is 5.32 Å². The highest BCUT2D eigenvalue weighted by Crippen LogP contribution is 2.17. The van der Waals surface area contributed by atoms with Gasteiger partial charge in [-0.05, 0) is 45.3 Å². The maximum absolute atomic E-state index is 4.40. The van der Waals surface area contributed by atoms with Gasteiger partial charge in [0.25, 0.3) is 0 Å². The van der Waals surface area contributed by atoms with Crippen LogP contribution in [0.4, 0.5) is 0 Å². The Kier molecular flexibility index (Phi) is 7.42. The third-order valence-corrected chi connectivity index (χ3v) is 3.64. The first kappa shape index (κ1) is 16.5. The number of halogens is 1. The van der Waals surface area contributed by atoms with Gasteiger partial charge in [-0.25, -0.2) is 0 Å². The molecule has 1 aromatic heterocycles. The second kappa shape index (κ2) is 8.56. The zero-order valence-corrected chi connectivity index (χ0v) is 13.0. The SMILES string of the molecule is CCCn1cc(CN2CCCC(CNC)C2)cn1.Cl. The van der Waals surface area contributed by atoms with E-state index in [1.165, 1.54) is 31.5 Å². The van der Waals surface area contributed by atoms with E-state index in [0.29, 0.717) is 0 Å². The van der Waals surface area contributed by atoms with Crippen molar-refractivity contribution in [2.75, 3.05) is 26.7 Å². The normalized spacial score (nSPS) is 20.2. The van der Waals surface area contributed by atoms with Gasteiger partial charge in [-0.2, -0.15) is 5.10 Å². The summed E-state index contributed by atoms with van der Waals surface area (Å²) in [7, 11) is 2.05. The molecule has 0 bridgehead atoms. The van der Waals surface area contributed by atoms with E-state index in [-0.39, 0.29) is 12.4 Å². The summed E-state index contributed by atoms with van der Waals surface area (Å²) in [6.07, 6.45) is 8.07. The van der Waals surface area contributed by atoms with Crippen LogP contribution in [-0.2, 0) is 13.1 Å². The van der Waals surface area contributed by atoms with E-state index in [1.54, 1.807) is 0 Å². The fraction of sp³-hybridized carbons (Fsp3) is 0.786. The molecule has 0 amide bonds. The summed E-state index contributed by atoms with van der Waals surface area (Å²) in [6, 6.07) is 0. The van der Waals surface area contributed by atoms with Gasteiger partial charge in [0.2, 0.25) is 0 Å². The second-order valence-electron chi connectivity index (χ2n) is 5.41. The lowest BCUT2D eigenvalue weighted by atomic mass is 9.98. The second-order valence-corrected chi connectivity index (χ2v) is 5.41. The molecular weight excluding hydrogens is 260 g/mol. The number of hydrogen-bond acceptors (Lipinski definition) is 3. The van der Waals surface area contributed by atoms with Gasteiger partial charge in [-0.15, -0.1) is 12.4 Å². The van der Waals surface area contributed by atoms with E-state index >= 15 is 0 Å². The Morgan fingerprint density at radius 2 is 2.32 bits per heavy atom. The predicted molar refractivity (Wildman–Crippen MR) is 81.7 cm³/mol. The van der Waals surface area contributed by atoms with Crippen LogP contribution in [0.2, 0.25) is 0 Å². The minimum Gasteiger partial charge on any atom is -0.319 e. The van der Waals surface area contributed by atoms with E-state index < -0.39 is 0 Å². The predicted octanol–water partition coefficient (Wildman–Crippen LogP) is 2.15. The van der Waals surface area contributed by atoms with Gasteiger partial charge >= 0.3 is 0 Å². The molecule has 1 atom stereocenters. The Morgan fingerprint density at radius 3 is 3.05 bits per heavy atom. The van der Waals surface area contributed by atoms with Gasteiger partial charge in [-0.1, -0.05) is 6.92 Å². The number of aryl methyl sites for hydroxylation is 1. The molecule has 2 rings (SSSR count). The van der Waals surface area contributed by atoms with Crippen molar-refractivity contribution in [3.05, 3.63) is 18.0 Å². The Morgan fingerprint density at radius 1 is 1.47 bits per heavy atom. The molecule has 1 unspecified atom stereocenters. The molecule has 5 heteroatoms. The first-order valence-corrected chi connectivity index (χ1v) is 7.20. The number of likely N-dealkylation sites (tertiary alicyclic amines) is 1. The molecule has 0 spiro atoms. The number of nitrogens with zero attached hydrogens (tertiary/aromatic N) is 3. The molecule has 19 heavy (non-hydrogen) atoms. The summed E-state index contributed by atoms with van der Waals surface area (Å²) in [6.45, 7) is 7.88. The molecule has 0 saturated carbocycles. The molecular formula is C14H27ClN4. The van der Waals surface area contributed by atoms with Crippen LogP contribution in [0.25, 0.3) is 0 Å². The first-order chi connectivity index (χ1) is 8.81. The van der Waals surface area contributed by atoms with Crippen LogP contribution in [0.3, 0.4) is 0 Å². The Balaban J connectivity index is 0.00000180. The summed E-state index contributed by atoms with van der Waals surface area (Å²) >= 11 is 0. The van der Waals surface area contributed by atoms with Crippen molar-refractivity contribution in [1.82, 2.24) is 20.0 Å². The molecule has 1 N–H and O–H groups in total. The molecule has 1 saturated heterocycles. The number of aromatic nitrogens is 2. The zero-order chi connectivity index (χ0) is 12.8. The summed E-state index contributed by atoms with van der Waals surface area (Å²) < 4.78 is 2.06. The molecule has 110 valence electrons. The third kappa shape index (κ3) is 5.13. The van der Waals surface area contributed by atoms with Crippen LogP contribution in [0.15, 0.2) is 12.4 Å². The largest absolute Gasteiger partial charge is 0.319 e. The van der Waals surface area contributed by atoms with Crippen molar-refractivity contribution in [2.24, 2.45) is 5.92 Å². The summed E-state index contributed by atoms with van der Waals surface area (Å²) in [5.41, 5.74) is 1.36. The minimum absolute atomic E-state index is 0. The van der Waals surface area contributed by atoms with E-state index in [4.69, 9.17) is 0 Å². The average molecular weight is 287 g/mol. The minimum atomic E-state index is 0. The van der Waals surface area contributed by atoms with Gasteiger partial charge in [0, 0.05) is 31.4 Å². The molecule has 1 fully saturated rings. The smallest absolute Gasteiger partial charge is 0.0534 e. The van der Waals surface area contributed by atoms with Crippen molar-refractivity contribution in [3.8, 4) is 0 Å². The lowest BCUT2D eigenvalue weighted by Crippen LogP contribution is -2.38. The molecule has 1 aliphatic heterocycles. The number of rotatable bonds is 6. The first-order valence-electron chi connectivity index (χ1n) is 7.20. The Bertz CT molecular complexity index is 351. The lowest BCUT2D eigenvalue weighted by molar-refractivity contribution is 0.167. The highest BCUT2D eigenvalue weighted by molar-refractivity contribution is 5.85. The quantitative estimate of drug-likeness (QED) is 0.870. The van der Waals surface area contributed by atoms with Gasteiger partial charge in [0.05, 0.1) is 6.20 Å². The monoisotopic (exact) mass is 286 g/mol. The number of hydrogen-bond donors (Lipinski definition) is 1. The van der Waals surface area contributed by atoms with Crippen LogP contribution in [0.1, 0.15) is 31.7 Å². The maximum Gasteiger partial charge on any atom is 0.0534 e. The third-order valence-electron chi connectivity index (χ3n) is 3.64. The summed E-state index contributed by atoms with van der Waals surface area (Å²) in [4.78, 5) is 2.57. The van der Waals surface area contributed by atoms with Crippen LogP contribution in [0, 0.1) is 5.92 Å². The summed E-state index contributed by atoms with van der Waals surface area (Å²) in [5, 5.41) is 7.70. The fourth-order valence-electron chi connectivity index (χ4n) is 2.85. The standard InChI is InChI=1S/C14H26N4.ClH/c1-3-6-18-12-14(9-16-18)11-17-7-4-5-13(10-17)8-15-2;/h9,12-13,15H,3-8,10-11H2,1-2H3;1H. The Labute approximate surface area is 123 Å².